The average Bonchev–Trinajstić information content (AvgIpc) is 2.55. The Morgan fingerprint density at radius 2 is 2.38 bits per heavy atom. The molecule has 1 aliphatic heterocycles. The summed E-state index contributed by atoms with van der Waals surface area (Å²) in [4.78, 5) is 12.5. The van der Waals surface area contributed by atoms with Crippen LogP contribution < -0.4 is 11.1 Å². The number of nitrogens with two attached hydrogens (primary N) is 1. The normalized spacial score (nSPS) is 18.4. The third-order valence-corrected chi connectivity index (χ3v) is 3.41. The van der Waals surface area contributed by atoms with Crippen LogP contribution in [0.3, 0.4) is 0 Å². The molecule has 0 saturated carbocycles. The third kappa shape index (κ3) is 2.21. The summed E-state index contributed by atoms with van der Waals surface area (Å²) in [5, 5.41) is 2.77. The van der Waals surface area contributed by atoms with Gasteiger partial charge < -0.3 is 15.8 Å². The molecule has 1 aromatic carbocycles. The second-order valence-electron chi connectivity index (χ2n) is 3.56. The van der Waals surface area contributed by atoms with Crippen molar-refractivity contribution in [1.29, 1.82) is 0 Å². The van der Waals surface area contributed by atoms with Gasteiger partial charge in [0.1, 0.15) is 6.04 Å². The maximum atomic E-state index is 11.3. The summed E-state index contributed by atoms with van der Waals surface area (Å²) in [7, 11) is 1.68. The summed E-state index contributed by atoms with van der Waals surface area (Å²) in [6.07, 6.45) is 0. The zero-order valence-corrected chi connectivity index (χ0v) is 9.84. The quantitative estimate of drug-likeness (QED) is 0.614. The van der Waals surface area contributed by atoms with E-state index in [1.54, 1.807) is 18.9 Å². The van der Waals surface area contributed by atoms with Crippen molar-refractivity contribution in [1.82, 2.24) is 0 Å². The zero-order chi connectivity index (χ0) is 11.5. The maximum absolute atomic E-state index is 11.3. The summed E-state index contributed by atoms with van der Waals surface area (Å²) in [5.41, 5.74) is 7.43. The van der Waals surface area contributed by atoms with Crippen molar-refractivity contribution in [3.8, 4) is 0 Å². The molecule has 1 unspecified atom stereocenters. The lowest BCUT2D eigenvalue weighted by molar-refractivity contribution is -0.116. The predicted octanol–water partition coefficient (Wildman–Crippen LogP) is 1.38. The Labute approximate surface area is 98.5 Å². The van der Waals surface area contributed by atoms with Gasteiger partial charge in [-0.15, -0.1) is 11.8 Å². The second-order valence-corrected chi connectivity index (χ2v) is 4.73. The van der Waals surface area contributed by atoms with Crippen LogP contribution in [0.4, 0.5) is 5.69 Å². The Morgan fingerprint density at radius 1 is 1.56 bits per heavy atom. The fourth-order valence-electron chi connectivity index (χ4n) is 1.60. The zero-order valence-electron chi connectivity index (χ0n) is 9.03. The second kappa shape index (κ2) is 4.86. The Balaban J connectivity index is 2.09. The minimum Gasteiger partial charge on any atom is -0.384 e. The van der Waals surface area contributed by atoms with Gasteiger partial charge in [-0.1, -0.05) is 6.07 Å². The lowest BCUT2D eigenvalue weighted by Crippen LogP contribution is -2.19. The number of anilines is 1. The maximum Gasteiger partial charge on any atom is 0.245 e. The van der Waals surface area contributed by atoms with Crippen LogP contribution in [0.1, 0.15) is 11.6 Å². The molecule has 1 heterocycles. The van der Waals surface area contributed by atoms with E-state index in [4.69, 9.17) is 10.5 Å². The lowest BCUT2D eigenvalue weighted by atomic mass is 10.1. The molecule has 1 aliphatic rings. The van der Waals surface area contributed by atoms with Crippen molar-refractivity contribution in [3.05, 3.63) is 23.8 Å². The molecule has 16 heavy (non-hydrogen) atoms. The van der Waals surface area contributed by atoms with Crippen LogP contribution in [0.15, 0.2) is 23.1 Å². The minimum absolute atomic E-state index is 0.131. The van der Waals surface area contributed by atoms with Gasteiger partial charge in [0, 0.05) is 29.0 Å². The number of nitrogens with one attached hydrogen (secondary N) is 1. The van der Waals surface area contributed by atoms with Gasteiger partial charge in [-0.3, -0.25) is 4.79 Å². The number of hydrogen-bond acceptors (Lipinski definition) is 4. The molecule has 5 heteroatoms. The molecule has 0 fully saturated rings. The molecule has 1 amide bonds. The van der Waals surface area contributed by atoms with Crippen molar-refractivity contribution < 1.29 is 9.53 Å². The molecule has 0 radical (unpaired) electrons. The summed E-state index contributed by atoms with van der Waals surface area (Å²) >= 11 is 1.70. The van der Waals surface area contributed by atoms with Crippen LogP contribution in [0.2, 0.25) is 0 Å². The highest BCUT2D eigenvalue weighted by molar-refractivity contribution is 7.99. The smallest absolute Gasteiger partial charge is 0.245 e. The number of fused-ring (bicyclic) bond motifs is 1. The van der Waals surface area contributed by atoms with Gasteiger partial charge in [-0.2, -0.15) is 0 Å². The average molecular weight is 238 g/mol. The fraction of sp³-hybridized carbons (Fsp3) is 0.364. The monoisotopic (exact) mass is 238 g/mol. The van der Waals surface area contributed by atoms with Gasteiger partial charge in [-0.05, 0) is 12.1 Å². The van der Waals surface area contributed by atoms with E-state index in [9.17, 15) is 4.79 Å². The molecule has 0 aliphatic carbocycles. The first kappa shape index (κ1) is 11.4. The SMILES string of the molecule is COCCSc1ccc2c(c1)NC(=O)C2N. The first-order chi connectivity index (χ1) is 7.72. The van der Waals surface area contributed by atoms with Gasteiger partial charge in [0.25, 0.3) is 0 Å². The van der Waals surface area contributed by atoms with E-state index in [1.165, 1.54) is 0 Å². The number of carbonyl (C=O) groups excluding carboxylic acids is 1. The number of benzene rings is 1. The van der Waals surface area contributed by atoms with Crippen LogP contribution in [-0.4, -0.2) is 25.4 Å². The first-order valence-electron chi connectivity index (χ1n) is 5.04. The highest BCUT2D eigenvalue weighted by atomic mass is 32.2. The number of amides is 1. The van der Waals surface area contributed by atoms with E-state index in [2.05, 4.69) is 5.32 Å². The topological polar surface area (TPSA) is 64.3 Å². The van der Waals surface area contributed by atoms with E-state index >= 15 is 0 Å². The van der Waals surface area contributed by atoms with E-state index in [-0.39, 0.29) is 5.91 Å². The van der Waals surface area contributed by atoms with Crippen molar-refractivity contribution in [2.24, 2.45) is 5.73 Å². The third-order valence-electron chi connectivity index (χ3n) is 2.46. The summed E-state index contributed by atoms with van der Waals surface area (Å²) in [6, 6.07) is 5.33. The molecule has 2 rings (SSSR count). The standard InChI is InChI=1S/C11H14N2O2S/c1-15-4-5-16-7-2-3-8-9(6-7)13-11(14)10(8)12/h2-3,6,10H,4-5,12H2,1H3,(H,13,14). The van der Waals surface area contributed by atoms with Crippen LogP contribution >= 0.6 is 11.8 Å². The Bertz CT molecular complexity index is 409. The highest BCUT2D eigenvalue weighted by Gasteiger charge is 2.26. The van der Waals surface area contributed by atoms with Gasteiger partial charge in [0.2, 0.25) is 5.91 Å². The van der Waals surface area contributed by atoms with Gasteiger partial charge in [0.05, 0.1) is 6.61 Å². The number of rotatable bonds is 4. The van der Waals surface area contributed by atoms with Crippen molar-refractivity contribution in [2.75, 3.05) is 24.8 Å². The minimum atomic E-state index is -0.520. The van der Waals surface area contributed by atoms with Crippen molar-refractivity contribution in [2.45, 2.75) is 10.9 Å². The Morgan fingerprint density at radius 3 is 3.12 bits per heavy atom. The molecule has 1 atom stereocenters. The number of carbonyl (C=O) groups is 1. The van der Waals surface area contributed by atoms with Crippen molar-refractivity contribution in [3.63, 3.8) is 0 Å². The van der Waals surface area contributed by atoms with Crippen LogP contribution in [0.25, 0.3) is 0 Å². The molecule has 0 saturated heterocycles. The Kier molecular flexibility index (Phi) is 3.48. The molecule has 1 aromatic rings. The number of thioether (sulfide) groups is 1. The predicted molar refractivity (Wildman–Crippen MR) is 64.6 cm³/mol. The summed E-state index contributed by atoms with van der Waals surface area (Å²) in [6.45, 7) is 0.716. The van der Waals surface area contributed by atoms with Crippen LogP contribution in [-0.2, 0) is 9.53 Å². The molecule has 0 aromatic heterocycles. The number of hydrogen-bond donors (Lipinski definition) is 2. The molecule has 86 valence electrons. The first-order valence-corrected chi connectivity index (χ1v) is 6.03. The molecule has 0 spiro atoms. The molecule has 3 N–H and O–H groups in total. The van der Waals surface area contributed by atoms with E-state index in [0.29, 0.717) is 6.61 Å². The lowest BCUT2D eigenvalue weighted by Gasteiger charge is -2.04. The van der Waals surface area contributed by atoms with Gasteiger partial charge in [-0.25, -0.2) is 0 Å². The van der Waals surface area contributed by atoms with Gasteiger partial charge >= 0.3 is 0 Å². The Hall–Kier alpha value is -1.04. The molecular weight excluding hydrogens is 224 g/mol. The van der Waals surface area contributed by atoms with E-state index in [0.717, 1.165) is 21.9 Å². The van der Waals surface area contributed by atoms with E-state index < -0.39 is 6.04 Å². The number of ether oxygens (including phenoxy) is 1. The van der Waals surface area contributed by atoms with Crippen molar-refractivity contribution >= 4 is 23.4 Å². The van der Waals surface area contributed by atoms with E-state index in [1.807, 2.05) is 18.2 Å². The summed E-state index contributed by atoms with van der Waals surface area (Å²) < 4.78 is 4.98. The number of methoxy groups -OCH3 is 1. The van der Waals surface area contributed by atoms with Crippen LogP contribution in [0, 0.1) is 0 Å². The molecule has 4 nitrogen and oxygen atoms in total. The molecule has 0 bridgehead atoms. The highest BCUT2D eigenvalue weighted by Crippen LogP contribution is 2.32. The molecular formula is C11H14N2O2S. The fourth-order valence-corrected chi connectivity index (χ4v) is 2.45. The summed E-state index contributed by atoms with van der Waals surface area (Å²) in [5.74, 6) is 0.768. The van der Waals surface area contributed by atoms with Crippen LogP contribution in [0.5, 0.6) is 0 Å². The van der Waals surface area contributed by atoms with Gasteiger partial charge in [0.15, 0.2) is 0 Å². The largest absolute Gasteiger partial charge is 0.384 e.